The molecule has 0 radical (unpaired) electrons. The van der Waals surface area contributed by atoms with Gasteiger partial charge in [0, 0.05) is 18.8 Å². The third-order valence-corrected chi connectivity index (χ3v) is 4.38. The van der Waals surface area contributed by atoms with Crippen LogP contribution in [-0.4, -0.2) is 39.8 Å². The number of likely N-dealkylation sites (tertiary alicyclic amines) is 1. The van der Waals surface area contributed by atoms with Gasteiger partial charge < -0.3 is 14.9 Å². The summed E-state index contributed by atoms with van der Waals surface area (Å²) in [6.07, 6.45) is 2.15. The van der Waals surface area contributed by atoms with E-state index in [1.54, 1.807) is 0 Å². The number of hydrogen-bond acceptors (Lipinski definition) is 6. The topological polar surface area (TPSA) is 74.4 Å². The third-order valence-electron chi connectivity index (χ3n) is 4.38. The number of hydrogen-bond donors (Lipinski definition) is 2. The molecule has 23 heavy (non-hydrogen) atoms. The van der Waals surface area contributed by atoms with Crippen LogP contribution in [0, 0.1) is 12.8 Å². The fraction of sp³-hybridized carbons (Fsp3) is 0.529. The number of aliphatic hydroxyl groups is 1. The van der Waals surface area contributed by atoms with Crippen molar-refractivity contribution < 1.29 is 9.63 Å². The van der Waals surface area contributed by atoms with E-state index >= 15 is 0 Å². The quantitative estimate of drug-likeness (QED) is 0.851. The van der Waals surface area contributed by atoms with Gasteiger partial charge in [0.2, 0.25) is 5.89 Å². The van der Waals surface area contributed by atoms with E-state index in [1.165, 1.54) is 5.56 Å². The van der Waals surface area contributed by atoms with E-state index < -0.39 is 0 Å². The fourth-order valence-corrected chi connectivity index (χ4v) is 2.98. The van der Waals surface area contributed by atoms with Gasteiger partial charge in [-0.3, -0.25) is 4.90 Å². The SMILES string of the molecule is Cc1noc(CNc2ccccc2CN2CCC(CO)CC2)n1. The van der Waals surface area contributed by atoms with Crippen LogP contribution in [-0.2, 0) is 13.1 Å². The molecule has 0 spiro atoms. The minimum Gasteiger partial charge on any atom is -0.396 e. The molecule has 1 aliphatic rings. The molecule has 1 aromatic carbocycles. The van der Waals surface area contributed by atoms with Gasteiger partial charge in [0.25, 0.3) is 0 Å². The first-order valence-corrected chi connectivity index (χ1v) is 8.19. The largest absolute Gasteiger partial charge is 0.396 e. The molecule has 1 aliphatic heterocycles. The molecule has 0 amide bonds. The smallest absolute Gasteiger partial charge is 0.245 e. The number of piperidine rings is 1. The molecule has 0 saturated carbocycles. The molecule has 0 atom stereocenters. The fourth-order valence-electron chi connectivity index (χ4n) is 2.98. The Balaban J connectivity index is 1.59. The average Bonchev–Trinajstić information content (AvgIpc) is 3.00. The first-order chi connectivity index (χ1) is 11.2. The van der Waals surface area contributed by atoms with Crippen LogP contribution in [0.1, 0.15) is 30.1 Å². The summed E-state index contributed by atoms with van der Waals surface area (Å²) < 4.78 is 5.14. The van der Waals surface area contributed by atoms with Crippen LogP contribution in [0.3, 0.4) is 0 Å². The van der Waals surface area contributed by atoms with E-state index in [1.807, 2.05) is 13.0 Å². The van der Waals surface area contributed by atoms with Gasteiger partial charge in [0.05, 0.1) is 6.54 Å². The van der Waals surface area contributed by atoms with Crippen LogP contribution in [0.4, 0.5) is 5.69 Å². The van der Waals surface area contributed by atoms with Crippen LogP contribution in [0.25, 0.3) is 0 Å². The summed E-state index contributed by atoms with van der Waals surface area (Å²) in [4.78, 5) is 6.66. The number of para-hydroxylation sites is 1. The molecule has 124 valence electrons. The molecule has 1 fully saturated rings. The number of nitrogens with zero attached hydrogens (tertiary/aromatic N) is 3. The van der Waals surface area contributed by atoms with E-state index in [9.17, 15) is 5.11 Å². The summed E-state index contributed by atoms with van der Waals surface area (Å²) in [7, 11) is 0. The highest BCUT2D eigenvalue weighted by Gasteiger charge is 2.19. The maximum atomic E-state index is 9.24. The molecule has 1 aromatic heterocycles. The zero-order valence-electron chi connectivity index (χ0n) is 13.5. The Kier molecular flexibility index (Phi) is 5.25. The van der Waals surface area contributed by atoms with Crippen molar-refractivity contribution in [2.75, 3.05) is 25.0 Å². The zero-order valence-corrected chi connectivity index (χ0v) is 13.5. The van der Waals surface area contributed by atoms with E-state index in [4.69, 9.17) is 4.52 Å². The minimum absolute atomic E-state index is 0.315. The van der Waals surface area contributed by atoms with Gasteiger partial charge in [0.1, 0.15) is 0 Å². The van der Waals surface area contributed by atoms with Gasteiger partial charge in [-0.05, 0) is 50.4 Å². The van der Waals surface area contributed by atoms with E-state index in [2.05, 4.69) is 38.6 Å². The first kappa shape index (κ1) is 16.0. The number of rotatable bonds is 6. The first-order valence-electron chi connectivity index (χ1n) is 8.19. The Bertz CT molecular complexity index is 621. The molecule has 1 saturated heterocycles. The lowest BCUT2D eigenvalue weighted by atomic mass is 9.97. The average molecular weight is 316 g/mol. The van der Waals surface area contributed by atoms with Gasteiger partial charge in [-0.1, -0.05) is 23.4 Å². The van der Waals surface area contributed by atoms with E-state index in [0.29, 0.717) is 30.8 Å². The lowest BCUT2D eigenvalue weighted by Crippen LogP contribution is -2.34. The highest BCUT2D eigenvalue weighted by atomic mass is 16.5. The van der Waals surface area contributed by atoms with Crippen molar-refractivity contribution in [1.82, 2.24) is 15.0 Å². The van der Waals surface area contributed by atoms with Crippen LogP contribution in [0.5, 0.6) is 0 Å². The Morgan fingerprint density at radius 2 is 2.09 bits per heavy atom. The molecular weight excluding hydrogens is 292 g/mol. The summed E-state index contributed by atoms with van der Waals surface area (Å²) in [6, 6.07) is 8.33. The van der Waals surface area contributed by atoms with Crippen molar-refractivity contribution in [1.29, 1.82) is 0 Å². The van der Waals surface area contributed by atoms with Crippen molar-refractivity contribution >= 4 is 5.69 Å². The molecule has 2 N–H and O–H groups in total. The van der Waals surface area contributed by atoms with Gasteiger partial charge in [0.15, 0.2) is 5.82 Å². The van der Waals surface area contributed by atoms with Gasteiger partial charge >= 0.3 is 0 Å². The molecule has 3 rings (SSSR count). The maximum Gasteiger partial charge on any atom is 0.245 e. The number of aliphatic hydroxyl groups excluding tert-OH is 1. The number of aromatic nitrogens is 2. The van der Waals surface area contributed by atoms with Crippen molar-refractivity contribution in [2.45, 2.75) is 32.9 Å². The molecule has 0 unspecified atom stereocenters. The summed E-state index contributed by atoms with van der Waals surface area (Å²) in [5.74, 6) is 1.73. The number of aryl methyl sites for hydroxylation is 1. The second-order valence-corrected chi connectivity index (χ2v) is 6.15. The van der Waals surface area contributed by atoms with Crippen molar-refractivity contribution in [2.24, 2.45) is 5.92 Å². The summed E-state index contributed by atoms with van der Waals surface area (Å²) in [5, 5.41) is 16.4. The van der Waals surface area contributed by atoms with E-state index in [-0.39, 0.29) is 0 Å². The van der Waals surface area contributed by atoms with Crippen LogP contribution < -0.4 is 5.32 Å². The Morgan fingerprint density at radius 1 is 1.30 bits per heavy atom. The second kappa shape index (κ2) is 7.57. The zero-order chi connectivity index (χ0) is 16.1. The molecule has 0 aliphatic carbocycles. The Labute approximate surface area is 136 Å². The predicted molar refractivity (Wildman–Crippen MR) is 87.9 cm³/mol. The van der Waals surface area contributed by atoms with Gasteiger partial charge in [-0.25, -0.2) is 0 Å². The van der Waals surface area contributed by atoms with Crippen LogP contribution in [0.2, 0.25) is 0 Å². The van der Waals surface area contributed by atoms with Crippen molar-refractivity contribution in [3.63, 3.8) is 0 Å². The summed E-state index contributed by atoms with van der Waals surface area (Å²) in [6.45, 7) is 5.67. The molecule has 0 bridgehead atoms. The monoisotopic (exact) mass is 316 g/mol. The molecule has 6 heteroatoms. The Morgan fingerprint density at radius 3 is 2.78 bits per heavy atom. The predicted octanol–water partition coefficient (Wildman–Crippen LogP) is 2.19. The molecule has 2 aromatic rings. The van der Waals surface area contributed by atoms with Gasteiger partial charge in [-0.2, -0.15) is 4.98 Å². The molecule has 6 nitrogen and oxygen atoms in total. The van der Waals surface area contributed by atoms with E-state index in [0.717, 1.165) is 38.2 Å². The summed E-state index contributed by atoms with van der Waals surface area (Å²) in [5.41, 5.74) is 2.37. The lowest BCUT2D eigenvalue weighted by molar-refractivity contribution is 0.127. The van der Waals surface area contributed by atoms with Crippen molar-refractivity contribution in [3.8, 4) is 0 Å². The Hall–Kier alpha value is -1.92. The number of anilines is 1. The number of nitrogens with one attached hydrogen (secondary N) is 1. The summed E-state index contributed by atoms with van der Waals surface area (Å²) >= 11 is 0. The van der Waals surface area contributed by atoms with Crippen LogP contribution in [0.15, 0.2) is 28.8 Å². The lowest BCUT2D eigenvalue weighted by Gasteiger charge is -2.31. The van der Waals surface area contributed by atoms with Gasteiger partial charge in [-0.15, -0.1) is 0 Å². The van der Waals surface area contributed by atoms with Crippen molar-refractivity contribution in [3.05, 3.63) is 41.5 Å². The maximum absolute atomic E-state index is 9.24. The highest BCUT2D eigenvalue weighted by Crippen LogP contribution is 2.22. The highest BCUT2D eigenvalue weighted by molar-refractivity contribution is 5.51. The molecule has 2 heterocycles. The number of benzene rings is 1. The standard InChI is InChI=1S/C17H24N4O2/c1-13-19-17(23-20-13)10-18-16-5-3-2-4-15(16)11-21-8-6-14(12-22)7-9-21/h2-5,14,18,22H,6-12H2,1H3. The van der Waals surface area contributed by atoms with Crippen LogP contribution >= 0.6 is 0 Å². The normalized spacial score (nSPS) is 16.6. The second-order valence-electron chi connectivity index (χ2n) is 6.15. The minimum atomic E-state index is 0.315. The molecular formula is C17H24N4O2. The third kappa shape index (κ3) is 4.30.